The van der Waals surface area contributed by atoms with Crippen LogP contribution in [0.3, 0.4) is 0 Å². The van der Waals surface area contributed by atoms with Gasteiger partial charge in [0.2, 0.25) is 11.8 Å². The molecule has 4 rings (SSSR count). The minimum absolute atomic E-state index is 0.0240. The quantitative estimate of drug-likeness (QED) is 0.875. The third kappa shape index (κ3) is 3.14. The molecular weight excluding hydrogens is 316 g/mol. The third-order valence-corrected chi connectivity index (χ3v) is 5.68. The number of nitrogens with two attached hydrogens (primary N) is 1. The van der Waals surface area contributed by atoms with Gasteiger partial charge in [-0.05, 0) is 37.6 Å². The zero-order valence-corrected chi connectivity index (χ0v) is 14.3. The number of primary amides is 1. The van der Waals surface area contributed by atoms with Crippen molar-refractivity contribution in [1.29, 1.82) is 0 Å². The fraction of sp³-hybridized carbons (Fsp3) is 0.474. The van der Waals surface area contributed by atoms with E-state index in [4.69, 9.17) is 5.73 Å². The van der Waals surface area contributed by atoms with Crippen LogP contribution in [-0.4, -0.2) is 58.8 Å². The number of benzene rings is 1. The summed E-state index contributed by atoms with van der Waals surface area (Å²) in [5, 5.41) is 1.13. The van der Waals surface area contributed by atoms with Crippen molar-refractivity contribution in [1.82, 2.24) is 14.8 Å². The van der Waals surface area contributed by atoms with Crippen molar-refractivity contribution in [2.24, 2.45) is 11.7 Å². The second-order valence-corrected chi connectivity index (χ2v) is 7.20. The monoisotopic (exact) mass is 340 g/mol. The van der Waals surface area contributed by atoms with E-state index >= 15 is 0 Å². The lowest BCUT2D eigenvalue weighted by Gasteiger charge is -2.47. The first-order valence-electron chi connectivity index (χ1n) is 8.98. The number of carbonyl (C=O) groups is 2. The summed E-state index contributed by atoms with van der Waals surface area (Å²) in [5.41, 5.74) is 7.52. The van der Waals surface area contributed by atoms with Gasteiger partial charge in [0.1, 0.15) is 0 Å². The molecule has 1 aromatic carbocycles. The summed E-state index contributed by atoms with van der Waals surface area (Å²) >= 11 is 0. The van der Waals surface area contributed by atoms with Gasteiger partial charge in [0.15, 0.2) is 0 Å². The van der Waals surface area contributed by atoms with Crippen molar-refractivity contribution in [2.45, 2.75) is 25.3 Å². The highest BCUT2D eigenvalue weighted by molar-refractivity contribution is 5.89. The van der Waals surface area contributed by atoms with Crippen LogP contribution in [0.5, 0.6) is 0 Å². The zero-order valence-electron chi connectivity index (χ0n) is 14.3. The number of hydrogen-bond donors (Lipinski definition) is 2. The van der Waals surface area contributed by atoms with Crippen molar-refractivity contribution in [3.8, 4) is 0 Å². The lowest BCUT2D eigenvalue weighted by Crippen LogP contribution is -2.62. The standard InChI is InChI=1S/C19H24N4O2/c20-19(25)13-5-7-22(8-6-13)15-11-23(12-15)18(24)9-14-10-21-17-4-2-1-3-16(14)17/h1-4,10,13,15,21H,5-9,11-12H2,(H2,20,25). The molecule has 2 aromatic rings. The fourth-order valence-electron chi connectivity index (χ4n) is 3.99. The SMILES string of the molecule is NC(=O)C1CCN(C2CN(C(=O)Cc3c[nH]c4ccccc34)C2)CC1. The topological polar surface area (TPSA) is 82.4 Å². The molecule has 2 saturated heterocycles. The van der Waals surface area contributed by atoms with E-state index < -0.39 is 0 Å². The number of fused-ring (bicyclic) bond motifs is 1. The summed E-state index contributed by atoms with van der Waals surface area (Å²) < 4.78 is 0. The lowest BCUT2D eigenvalue weighted by molar-refractivity contribution is -0.138. The molecule has 2 aliphatic heterocycles. The molecule has 0 radical (unpaired) electrons. The number of piperidine rings is 1. The molecule has 2 amide bonds. The minimum Gasteiger partial charge on any atom is -0.369 e. The molecule has 0 unspecified atom stereocenters. The highest BCUT2D eigenvalue weighted by Gasteiger charge is 2.36. The molecule has 3 N–H and O–H groups in total. The number of nitrogens with zero attached hydrogens (tertiary/aromatic N) is 2. The normalized spacial score (nSPS) is 19.9. The zero-order chi connectivity index (χ0) is 17.4. The second kappa shape index (κ2) is 6.52. The van der Waals surface area contributed by atoms with Crippen LogP contribution in [0.1, 0.15) is 18.4 Å². The Kier molecular flexibility index (Phi) is 4.21. The molecule has 0 bridgehead atoms. The van der Waals surface area contributed by atoms with E-state index in [9.17, 15) is 9.59 Å². The van der Waals surface area contributed by atoms with Gasteiger partial charge in [-0.15, -0.1) is 0 Å². The first-order chi connectivity index (χ1) is 12.1. The summed E-state index contributed by atoms with van der Waals surface area (Å²) in [7, 11) is 0. The molecule has 2 aliphatic rings. The minimum atomic E-state index is -0.177. The van der Waals surface area contributed by atoms with Crippen molar-refractivity contribution < 1.29 is 9.59 Å². The van der Waals surface area contributed by atoms with Crippen molar-refractivity contribution >= 4 is 22.7 Å². The smallest absolute Gasteiger partial charge is 0.227 e. The number of hydrogen-bond acceptors (Lipinski definition) is 3. The Bertz CT molecular complexity index is 786. The number of amides is 2. The first-order valence-corrected chi connectivity index (χ1v) is 8.98. The Morgan fingerprint density at radius 2 is 1.88 bits per heavy atom. The van der Waals surface area contributed by atoms with Crippen LogP contribution in [-0.2, 0) is 16.0 Å². The van der Waals surface area contributed by atoms with Crippen LogP contribution in [0.4, 0.5) is 0 Å². The van der Waals surface area contributed by atoms with E-state index in [1.807, 2.05) is 29.3 Å². The molecule has 25 heavy (non-hydrogen) atoms. The molecule has 132 valence electrons. The number of carbonyl (C=O) groups excluding carboxylic acids is 2. The number of para-hydroxylation sites is 1. The van der Waals surface area contributed by atoms with Crippen LogP contribution < -0.4 is 5.73 Å². The first kappa shape index (κ1) is 16.1. The van der Waals surface area contributed by atoms with Crippen LogP contribution in [0, 0.1) is 5.92 Å². The Hall–Kier alpha value is -2.34. The Balaban J connectivity index is 1.29. The molecule has 0 spiro atoms. The van der Waals surface area contributed by atoms with Gasteiger partial charge in [-0.25, -0.2) is 0 Å². The molecule has 0 saturated carbocycles. The van der Waals surface area contributed by atoms with Gasteiger partial charge in [-0.3, -0.25) is 14.5 Å². The summed E-state index contributed by atoms with van der Waals surface area (Å²) in [6.07, 6.45) is 4.07. The summed E-state index contributed by atoms with van der Waals surface area (Å²) in [6, 6.07) is 8.50. The van der Waals surface area contributed by atoms with Crippen LogP contribution in [0.15, 0.2) is 30.5 Å². The largest absolute Gasteiger partial charge is 0.369 e. The fourth-order valence-corrected chi connectivity index (χ4v) is 3.99. The van der Waals surface area contributed by atoms with E-state index in [1.54, 1.807) is 0 Å². The summed E-state index contributed by atoms with van der Waals surface area (Å²) in [4.78, 5) is 31.3. The van der Waals surface area contributed by atoms with Gasteiger partial charge < -0.3 is 15.6 Å². The highest BCUT2D eigenvalue weighted by Crippen LogP contribution is 2.24. The van der Waals surface area contributed by atoms with E-state index in [0.29, 0.717) is 12.5 Å². The molecule has 3 heterocycles. The van der Waals surface area contributed by atoms with Gasteiger partial charge >= 0.3 is 0 Å². The number of rotatable bonds is 4. The molecule has 6 heteroatoms. The number of aromatic nitrogens is 1. The molecular formula is C19H24N4O2. The molecule has 0 atom stereocenters. The summed E-state index contributed by atoms with van der Waals surface area (Å²) in [5.74, 6) is 0.0350. The number of H-pyrrole nitrogens is 1. The van der Waals surface area contributed by atoms with Gasteiger partial charge in [-0.2, -0.15) is 0 Å². The number of likely N-dealkylation sites (tertiary alicyclic amines) is 2. The third-order valence-electron chi connectivity index (χ3n) is 5.68. The van der Waals surface area contributed by atoms with Crippen molar-refractivity contribution in [3.63, 3.8) is 0 Å². The van der Waals surface area contributed by atoms with Crippen LogP contribution in [0.25, 0.3) is 10.9 Å². The Morgan fingerprint density at radius 1 is 1.16 bits per heavy atom. The second-order valence-electron chi connectivity index (χ2n) is 7.20. The Morgan fingerprint density at radius 3 is 2.60 bits per heavy atom. The predicted octanol–water partition coefficient (Wildman–Crippen LogP) is 1.12. The van der Waals surface area contributed by atoms with E-state index in [0.717, 1.165) is 55.5 Å². The average Bonchev–Trinajstić information content (AvgIpc) is 2.97. The van der Waals surface area contributed by atoms with Crippen molar-refractivity contribution in [2.75, 3.05) is 26.2 Å². The molecule has 2 fully saturated rings. The average molecular weight is 340 g/mol. The maximum absolute atomic E-state index is 12.5. The van der Waals surface area contributed by atoms with E-state index in [-0.39, 0.29) is 17.7 Å². The van der Waals surface area contributed by atoms with Crippen LogP contribution in [0.2, 0.25) is 0 Å². The van der Waals surface area contributed by atoms with E-state index in [2.05, 4.69) is 16.0 Å². The molecule has 6 nitrogen and oxygen atoms in total. The molecule has 0 aliphatic carbocycles. The Labute approximate surface area is 147 Å². The highest BCUT2D eigenvalue weighted by atomic mass is 16.2. The van der Waals surface area contributed by atoms with Gasteiger partial charge in [0.05, 0.1) is 6.42 Å². The number of nitrogens with one attached hydrogen (secondary N) is 1. The summed E-state index contributed by atoms with van der Waals surface area (Å²) in [6.45, 7) is 3.40. The number of aromatic amines is 1. The van der Waals surface area contributed by atoms with E-state index in [1.165, 1.54) is 0 Å². The van der Waals surface area contributed by atoms with Gasteiger partial charge in [0.25, 0.3) is 0 Å². The van der Waals surface area contributed by atoms with Crippen molar-refractivity contribution in [3.05, 3.63) is 36.0 Å². The maximum Gasteiger partial charge on any atom is 0.227 e. The molecule has 1 aromatic heterocycles. The predicted molar refractivity (Wildman–Crippen MR) is 95.9 cm³/mol. The van der Waals surface area contributed by atoms with Gasteiger partial charge in [-0.1, -0.05) is 18.2 Å². The maximum atomic E-state index is 12.5. The van der Waals surface area contributed by atoms with Crippen LogP contribution >= 0.6 is 0 Å². The van der Waals surface area contributed by atoms with Gasteiger partial charge in [0, 0.05) is 42.1 Å². The lowest BCUT2D eigenvalue weighted by atomic mass is 9.93.